The first-order valence-electron chi connectivity index (χ1n) is 7.20. The second-order valence-electron chi connectivity index (χ2n) is 4.51. The monoisotopic (exact) mass is 301 g/mol. The van der Waals surface area contributed by atoms with Gasteiger partial charge in [-0.2, -0.15) is 10.1 Å². The minimum absolute atomic E-state index is 0.330. The Kier molecular flexibility index (Phi) is 5.65. The molecule has 1 heterocycles. The normalized spacial score (nSPS) is 10.1. The molecule has 0 atom stereocenters. The van der Waals surface area contributed by atoms with Crippen molar-refractivity contribution in [3.8, 4) is 0 Å². The second kappa shape index (κ2) is 7.92. The average Bonchev–Trinajstić information content (AvgIpc) is 2.54. The highest BCUT2D eigenvalue weighted by Crippen LogP contribution is 2.15. The van der Waals surface area contributed by atoms with Crippen molar-refractivity contribution in [1.29, 1.82) is 0 Å². The highest BCUT2D eigenvalue weighted by atomic mass is 16.5. The summed E-state index contributed by atoms with van der Waals surface area (Å²) in [6, 6.07) is 6.97. The minimum atomic E-state index is -0.330. The van der Waals surface area contributed by atoms with Crippen LogP contribution in [0.2, 0.25) is 0 Å². The predicted octanol–water partition coefficient (Wildman–Crippen LogP) is 2.61. The van der Waals surface area contributed by atoms with Gasteiger partial charge in [-0.05, 0) is 37.6 Å². The van der Waals surface area contributed by atoms with Crippen LogP contribution in [0.5, 0.6) is 0 Å². The number of hydrogen-bond acceptors (Lipinski definition) is 7. The highest BCUT2D eigenvalue weighted by molar-refractivity contribution is 5.89. The van der Waals surface area contributed by atoms with Gasteiger partial charge in [-0.15, -0.1) is 5.10 Å². The Hall–Kier alpha value is -2.70. The smallest absolute Gasteiger partial charge is 0.338 e. The summed E-state index contributed by atoms with van der Waals surface area (Å²) in [7, 11) is 0. The maximum absolute atomic E-state index is 11.6. The predicted molar refractivity (Wildman–Crippen MR) is 84.3 cm³/mol. The van der Waals surface area contributed by atoms with Gasteiger partial charge in [0.15, 0.2) is 5.82 Å². The molecule has 0 bridgehead atoms. The standard InChI is InChI=1S/C15H19N5O2/c1-3-9-16-15-19-13(10-17-20-15)18-12-7-5-11(6-8-12)14(21)22-4-2/h5-8,10H,3-4,9H2,1-2H3,(H2,16,18,19,20). The van der Waals surface area contributed by atoms with E-state index >= 15 is 0 Å². The summed E-state index contributed by atoms with van der Waals surface area (Å²) in [6.45, 7) is 4.99. The first kappa shape index (κ1) is 15.7. The van der Waals surface area contributed by atoms with E-state index in [1.165, 1.54) is 6.20 Å². The van der Waals surface area contributed by atoms with Gasteiger partial charge in [-0.25, -0.2) is 4.79 Å². The van der Waals surface area contributed by atoms with E-state index in [2.05, 4.69) is 32.7 Å². The van der Waals surface area contributed by atoms with Crippen molar-refractivity contribution in [2.45, 2.75) is 20.3 Å². The van der Waals surface area contributed by atoms with Crippen molar-refractivity contribution in [3.63, 3.8) is 0 Å². The molecular weight excluding hydrogens is 282 g/mol. The summed E-state index contributed by atoms with van der Waals surface area (Å²) >= 11 is 0. The zero-order valence-electron chi connectivity index (χ0n) is 12.7. The van der Waals surface area contributed by atoms with Gasteiger partial charge in [0.1, 0.15) is 0 Å². The topological polar surface area (TPSA) is 89.0 Å². The molecule has 0 amide bonds. The molecule has 7 heteroatoms. The third-order valence-corrected chi connectivity index (χ3v) is 2.76. The van der Waals surface area contributed by atoms with Crippen molar-refractivity contribution in [3.05, 3.63) is 36.0 Å². The molecule has 116 valence electrons. The number of esters is 1. The lowest BCUT2D eigenvalue weighted by Gasteiger charge is -2.08. The lowest BCUT2D eigenvalue weighted by molar-refractivity contribution is 0.0526. The van der Waals surface area contributed by atoms with Crippen molar-refractivity contribution in [1.82, 2.24) is 15.2 Å². The molecule has 1 aromatic heterocycles. The SMILES string of the molecule is CCCNc1nncc(Nc2ccc(C(=O)OCC)cc2)n1. The minimum Gasteiger partial charge on any atom is -0.462 e. The number of aromatic nitrogens is 3. The van der Waals surface area contributed by atoms with Crippen LogP contribution >= 0.6 is 0 Å². The fourth-order valence-corrected chi connectivity index (χ4v) is 1.73. The maximum Gasteiger partial charge on any atom is 0.338 e. The van der Waals surface area contributed by atoms with Crippen LogP contribution in [-0.4, -0.2) is 34.3 Å². The van der Waals surface area contributed by atoms with E-state index < -0.39 is 0 Å². The zero-order chi connectivity index (χ0) is 15.8. The Morgan fingerprint density at radius 1 is 1.23 bits per heavy atom. The Labute approximate surface area is 129 Å². The fraction of sp³-hybridized carbons (Fsp3) is 0.333. The molecule has 0 unspecified atom stereocenters. The van der Waals surface area contributed by atoms with E-state index in [1.54, 1.807) is 31.2 Å². The molecule has 0 radical (unpaired) electrons. The van der Waals surface area contributed by atoms with E-state index in [-0.39, 0.29) is 5.97 Å². The van der Waals surface area contributed by atoms with E-state index in [4.69, 9.17) is 4.74 Å². The van der Waals surface area contributed by atoms with E-state index in [1.807, 2.05) is 0 Å². The van der Waals surface area contributed by atoms with Crippen molar-refractivity contribution < 1.29 is 9.53 Å². The summed E-state index contributed by atoms with van der Waals surface area (Å²) in [5.74, 6) is 0.733. The third kappa shape index (κ3) is 4.41. The number of carbonyl (C=O) groups is 1. The molecule has 1 aromatic carbocycles. The number of carbonyl (C=O) groups excluding carboxylic acids is 1. The zero-order valence-corrected chi connectivity index (χ0v) is 12.7. The van der Waals surface area contributed by atoms with E-state index in [0.717, 1.165) is 18.7 Å². The number of ether oxygens (including phenoxy) is 1. The maximum atomic E-state index is 11.6. The molecule has 0 saturated heterocycles. The number of nitrogens with zero attached hydrogens (tertiary/aromatic N) is 3. The van der Waals surface area contributed by atoms with Gasteiger partial charge in [0.05, 0.1) is 18.4 Å². The van der Waals surface area contributed by atoms with Crippen molar-refractivity contribution >= 4 is 23.4 Å². The molecule has 0 fully saturated rings. The molecule has 0 aliphatic carbocycles. The third-order valence-electron chi connectivity index (χ3n) is 2.76. The molecule has 0 aliphatic rings. The fourth-order valence-electron chi connectivity index (χ4n) is 1.73. The Balaban J connectivity index is 2.03. The lowest BCUT2D eigenvalue weighted by Crippen LogP contribution is -2.07. The second-order valence-corrected chi connectivity index (χ2v) is 4.51. The van der Waals surface area contributed by atoms with Gasteiger partial charge in [0.2, 0.25) is 5.95 Å². The van der Waals surface area contributed by atoms with Gasteiger partial charge in [-0.1, -0.05) is 6.92 Å². The lowest BCUT2D eigenvalue weighted by atomic mass is 10.2. The summed E-state index contributed by atoms with van der Waals surface area (Å²) in [6.07, 6.45) is 2.52. The first-order valence-corrected chi connectivity index (χ1v) is 7.20. The number of anilines is 3. The molecule has 7 nitrogen and oxygen atoms in total. The van der Waals surface area contributed by atoms with Crippen LogP contribution in [0, 0.1) is 0 Å². The van der Waals surface area contributed by atoms with Gasteiger partial charge in [-0.3, -0.25) is 0 Å². The molecule has 2 rings (SSSR count). The Morgan fingerprint density at radius 2 is 2.00 bits per heavy atom. The molecular formula is C15H19N5O2. The number of benzene rings is 1. The van der Waals surface area contributed by atoms with Gasteiger partial charge < -0.3 is 15.4 Å². The van der Waals surface area contributed by atoms with Crippen LogP contribution in [0.1, 0.15) is 30.6 Å². The van der Waals surface area contributed by atoms with Crippen molar-refractivity contribution in [2.24, 2.45) is 0 Å². The summed E-state index contributed by atoms with van der Waals surface area (Å²) < 4.78 is 4.94. The first-order chi connectivity index (χ1) is 10.7. The number of rotatable bonds is 7. The summed E-state index contributed by atoms with van der Waals surface area (Å²) in [5, 5.41) is 14.0. The summed E-state index contributed by atoms with van der Waals surface area (Å²) in [4.78, 5) is 15.9. The van der Waals surface area contributed by atoms with E-state index in [9.17, 15) is 4.79 Å². The highest BCUT2D eigenvalue weighted by Gasteiger charge is 2.06. The van der Waals surface area contributed by atoms with Gasteiger partial charge in [0.25, 0.3) is 0 Å². The molecule has 0 aliphatic heterocycles. The van der Waals surface area contributed by atoms with Crippen LogP contribution in [0.3, 0.4) is 0 Å². The van der Waals surface area contributed by atoms with Crippen molar-refractivity contribution in [2.75, 3.05) is 23.8 Å². The molecule has 0 spiro atoms. The van der Waals surface area contributed by atoms with Crippen LogP contribution in [0.25, 0.3) is 0 Å². The van der Waals surface area contributed by atoms with Crippen LogP contribution in [0.15, 0.2) is 30.5 Å². The average molecular weight is 301 g/mol. The quantitative estimate of drug-likeness (QED) is 0.760. The molecule has 22 heavy (non-hydrogen) atoms. The number of nitrogens with one attached hydrogen (secondary N) is 2. The van der Waals surface area contributed by atoms with Gasteiger partial charge >= 0.3 is 5.97 Å². The number of hydrogen-bond donors (Lipinski definition) is 2. The summed E-state index contributed by atoms with van der Waals surface area (Å²) in [5.41, 5.74) is 1.31. The molecule has 2 N–H and O–H groups in total. The van der Waals surface area contributed by atoms with Crippen LogP contribution in [-0.2, 0) is 4.74 Å². The van der Waals surface area contributed by atoms with E-state index in [0.29, 0.717) is 23.9 Å². The molecule has 0 saturated carbocycles. The Morgan fingerprint density at radius 3 is 2.68 bits per heavy atom. The Bertz CT molecular complexity index is 616. The largest absolute Gasteiger partial charge is 0.462 e. The van der Waals surface area contributed by atoms with Crippen LogP contribution in [0.4, 0.5) is 17.5 Å². The van der Waals surface area contributed by atoms with Gasteiger partial charge in [0, 0.05) is 12.2 Å². The van der Waals surface area contributed by atoms with Crippen LogP contribution < -0.4 is 10.6 Å². The molecule has 2 aromatic rings.